The van der Waals surface area contributed by atoms with E-state index in [1.807, 2.05) is 0 Å². The maximum atomic E-state index is 12.5. The predicted octanol–water partition coefficient (Wildman–Crippen LogP) is 24.3. The van der Waals surface area contributed by atoms with Gasteiger partial charge in [0.1, 0.15) is 0 Å². The van der Waals surface area contributed by atoms with Crippen LogP contribution in [0.3, 0.4) is 0 Å². The first kappa shape index (κ1) is 79.6. The van der Waals surface area contributed by atoms with Gasteiger partial charge >= 0.3 is 5.97 Å². The summed E-state index contributed by atoms with van der Waals surface area (Å²) in [4.78, 5) is 24.7. The van der Waals surface area contributed by atoms with Crippen molar-refractivity contribution < 1.29 is 24.5 Å². The SMILES string of the molecule is CCCCCCCCCCCCCCCCCCCCCCC(O)C(CO)NC(=O)CCCCCCCCCCC/C=C\CCCCCCCCCCCCCCOC(=O)CCCCCCCCCCCCCCCCCCCCC. The van der Waals surface area contributed by atoms with E-state index in [2.05, 4.69) is 31.3 Å². The fourth-order valence-electron chi connectivity index (χ4n) is 12.1. The van der Waals surface area contributed by atoms with Gasteiger partial charge in [0, 0.05) is 12.8 Å². The molecular formula is C75H147NO5. The van der Waals surface area contributed by atoms with Crippen molar-refractivity contribution in [1.29, 1.82) is 0 Å². The number of ether oxygens (including phenoxy) is 1. The molecule has 0 aromatic heterocycles. The van der Waals surface area contributed by atoms with Crippen molar-refractivity contribution in [3.8, 4) is 0 Å². The molecule has 0 aliphatic carbocycles. The Balaban J connectivity index is 3.37. The van der Waals surface area contributed by atoms with E-state index >= 15 is 0 Å². The number of carbonyl (C=O) groups excluding carboxylic acids is 2. The molecule has 0 aliphatic heterocycles. The molecule has 6 nitrogen and oxygen atoms in total. The largest absolute Gasteiger partial charge is 0.466 e. The Hall–Kier alpha value is -1.40. The van der Waals surface area contributed by atoms with E-state index in [-0.39, 0.29) is 18.5 Å². The van der Waals surface area contributed by atoms with Crippen molar-refractivity contribution in [3.05, 3.63) is 12.2 Å². The Bertz CT molecular complexity index is 1220. The maximum absolute atomic E-state index is 12.5. The van der Waals surface area contributed by atoms with Gasteiger partial charge in [-0.1, -0.05) is 379 Å². The minimum atomic E-state index is -0.667. The first-order valence-electron chi connectivity index (χ1n) is 37.4. The summed E-state index contributed by atoms with van der Waals surface area (Å²) in [5, 5.41) is 23.4. The lowest BCUT2D eigenvalue weighted by Crippen LogP contribution is -2.45. The topological polar surface area (TPSA) is 95.9 Å². The maximum Gasteiger partial charge on any atom is 0.305 e. The van der Waals surface area contributed by atoms with Crippen LogP contribution in [0, 0.1) is 0 Å². The number of hydrogen-bond donors (Lipinski definition) is 3. The number of aliphatic hydroxyl groups is 2. The Kier molecular flexibility index (Phi) is 69.9. The van der Waals surface area contributed by atoms with Crippen molar-refractivity contribution in [3.63, 3.8) is 0 Å². The van der Waals surface area contributed by atoms with Crippen LogP contribution < -0.4 is 5.32 Å². The quantitative estimate of drug-likeness (QED) is 0.0320. The highest BCUT2D eigenvalue weighted by molar-refractivity contribution is 5.76. The lowest BCUT2D eigenvalue weighted by atomic mass is 10.0. The zero-order chi connectivity index (χ0) is 58.5. The molecule has 0 aromatic rings. The Morgan fingerprint density at radius 1 is 0.333 bits per heavy atom. The predicted molar refractivity (Wildman–Crippen MR) is 357 cm³/mol. The van der Waals surface area contributed by atoms with E-state index in [0.717, 1.165) is 38.5 Å². The van der Waals surface area contributed by atoms with Gasteiger partial charge in [-0.25, -0.2) is 0 Å². The minimum Gasteiger partial charge on any atom is -0.466 e. The molecule has 1 amide bonds. The van der Waals surface area contributed by atoms with Crippen molar-refractivity contribution in [2.75, 3.05) is 13.2 Å². The van der Waals surface area contributed by atoms with E-state index in [0.29, 0.717) is 25.9 Å². The summed E-state index contributed by atoms with van der Waals surface area (Å²) >= 11 is 0. The molecule has 3 N–H and O–H groups in total. The van der Waals surface area contributed by atoms with E-state index < -0.39 is 12.1 Å². The average molecular weight is 1140 g/mol. The number of aliphatic hydroxyl groups excluding tert-OH is 2. The molecular weight excluding hydrogens is 995 g/mol. The van der Waals surface area contributed by atoms with Gasteiger partial charge in [-0.2, -0.15) is 0 Å². The highest BCUT2D eigenvalue weighted by atomic mass is 16.5. The molecule has 482 valence electrons. The molecule has 2 unspecified atom stereocenters. The fourth-order valence-corrected chi connectivity index (χ4v) is 12.1. The summed E-state index contributed by atoms with van der Waals surface area (Å²) in [6.07, 6.45) is 88.4. The lowest BCUT2D eigenvalue weighted by molar-refractivity contribution is -0.143. The van der Waals surface area contributed by atoms with E-state index in [1.165, 1.54) is 360 Å². The van der Waals surface area contributed by atoms with Crippen molar-refractivity contribution >= 4 is 11.9 Å². The van der Waals surface area contributed by atoms with Crippen LogP contribution >= 0.6 is 0 Å². The van der Waals surface area contributed by atoms with Gasteiger partial charge in [0.25, 0.3) is 0 Å². The number of allylic oxidation sites excluding steroid dienone is 2. The molecule has 6 heteroatoms. The van der Waals surface area contributed by atoms with Crippen molar-refractivity contribution in [2.45, 2.75) is 443 Å². The molecule has 0 rings (SSSR count). The van der Waals surface area contributed by atoms with Crippen LogP contribution in [-0.4, -0.2) is 47.4 Å². The zero-order valence-corrected chi connectivity index (χ0v) is 55.3. The summed E-state index contributed by atoms with van der Waals surface area (Å²) in [6.45, 7) is 5.01. The van der Waals surface area contributed by atoms with Crippen molar-refractivity contribution in [1.82, 2.24) is 5.32 Å². The minimum absolute atomic E-state index is 0.0196. The van der Waals surface area contributed by atoms with Gasteiger partial charge in [0.15, 0.2) is 0 Å². The second kappa shape index (κ2) is 71.1. The van der Waals surface area contributed by atoms with Crippen LogP contribution in [0.4, 0.5) is 0 Å². The average Bonchev–Trinajstić information content (AvgIpc) is 3.47. The van der Waals surface area contributed by atoms with Crippen LogP contribution in [0.1, 0.15) is 431 Å². The van der Waals surface area contributed by atoms with Crippen LogP contribution in [0.5, 0.6) is 0 Å². The third-order valence-corrected chi connectivity index (χ3v) is 17.8. The highest BCUT2D eigenvalue weighted by Crippen LogP contribution is 2.20. The number of esters is 1. The zero-order valence-electron chi connectivity index (χ0n) is 55.3. The van der Waals surface area contributed by atoms with Crippen LogP contribution in [0.2, 0.25) is 0 Å². The Morgan fingerprint density at radius 3 is 0.877 bits per heavy atom. The number of nitrogens with one attached hydrogen (secondary N) is 1. The van der Waals surface area contributed by atoms with Gasteiger partial charge in [-0.3, -0.25) is 9.59 Å². The molecule has 0 aromatic carbocycles. The summed E-state index contributed by atoms with van der Waals surface area (Å²) in [5.74, 6) is -0.0135. The van der Waals surface area contributed by atoms with Gasteiger partial charge < -0.3 is 20.3 Å². The smallest absolute Gasteiger partial charge is 0.305 e. The van der Waals surface area contributed by atoms with Gasteiger partial charge in [0.2, 0.25) is 5.91 Å². The molecule has 0 fully saturated rings. The Labute approximate surface area is 508 Å². The van der Waals surface area contributed by atoms with E-state index in [4.69, 9.17) is 4.74 Å². The Morgan fingerprint density at radius 2 is 0.580 bits per heavy atom. The number of amides is 1. The van der Waals surface area contributed by atoms with E-state index in [1.54, 1.807) is 0 Å². The first-order valence-corrected chi connectivity index (χ1v) is 37.4. The number of unbranched alkanes of at least 4 members (excludes halogenated alkanes) is 58. The van der Waals surface area contributed by atoms with Crippen LogP contribution in [-0.2, 0) is 14.3 Å². The van der Waals surface area contributed by atoms with E-state index in [9.17, 15) is 19.8 Å². The number of carbonyl (C=O) groups is 2. The summed E-state index contributed by atoms with van der Waals surface area (Å²) in [6, 6.07) is -0.544. The fraction of sp³-hybridized carbons (Fsp3) is 0.947. The monoisotopic (exact) mass is 1140 g/mol. The number of rotatable bonds is 71. The normalized spacial score (nSPS) is 12.5. The molecule has 81 heavy (non-hydrogen) atoms. The molecule has 0 aliphatic rings. The second-order valence-corrected chi connectivity index (χ2v) is 26.0. The van der Waals surface area contributed by atoms with Gasteiger partial charge in [-0.05, 0) is 51.4 Å². The summed E-state index contributed by atoms with van der Waals surface area (Å²) in [7, 11) is 0. The summed E-state index contributed by atoms with van der Waals surface area (Å²) < 4.78 is 5.52. The van der Waals surface area contributed by atoms with Crippen LogP contribution in [0.15, 0.2) is 12.2 Å². The highest BCUT2D eigenvalue weighted by Gasteiger charge is 2.20. The first-order chi connectivity index (χ1) is 40.0. The van der Waals surface area contributed by atoms with Gasteiger partial charge in [-0.15, -0.1) is 0 Å². The van der Waals surface area contributed by atoms with Crippen molar-refractivity contribution in [2.24, 2.45) is 0 Å². The molecule has 0 saturated carbocycles. The number of hydrogen-bond acceptors (Lipinski definition) is 5. The molecule has 0 saturated heterocycles. The third kappa shape index (κ3) is 67.6. The molecule has 0 bridgehead atoms. The molecule has 2 atom stereocenters. The lowest BCUT2D eigenvalue weighted by Gasteiger charge is -2.22. The van der Waals surface area contributed by atoms with Gasteiger partial charge in [0.05, 0.1) is 25.4 Å². The standard InChI is InChI=1S/C75H147NO5/c1-3-5-7-9-11-13-15-17-19-21-23-32-35-39-43-47-51-55-59-63-67-73(78)72(71-77)76-74(79)68-64-60-56-52-48-44-40-36-33-29-27-25-24-26-28-30-34-38-42-46-50-54-58-62-66-70-81-75(80)69-65-61-57-53-49-45-41-37-31-22-20-18-16-14-12-10-8-6-4-2/h25,27,72-73,77-78H,3-24,26,28-71H2,1-2H3,(H,76,79)/b27-25-. The third-order valence-electron chi connectivity index (χ3n) is 17.8. The van der Waals surface area contributed by atoms with Crippen LogP contribution in [0.25, 0.3) is 0 Å². The molecule has 0 spiro atoms. The second-order valence-electron chi connectivity index (χ2n) is 26.0. The molecule has 0 heterocycles. The molecule has 0 radical (unpaired) electrons. The summed E-state index contributed by atoms with van der Waals surface area (Å²) in [5.41, 5.74) is 0.